The number of nitrogens with two attached hydrogens (primary N) is 1. The van der Waals surface area contributed by atoms with E-state index in [2.05, 4.69) is 13.8 Å². The Morgan fingerprint density at radius 1 is 1.25 bits per heavy atom. The van der Waals surface area contributed by atoms with E-state index < -0.39 is 20.6 Å². The van der Waals surface area contributed by atoms with Crippen LogP contribution in [0.1, 0.15) is 25.8 Å². The Labute approximate surface area is 124 Å². The molecule has 0 aliphatic heterocycles. The van der Waals surface area contributed by atoms with Gasteiger partial charge in [-0.15, -0.1) is 0 Å². The molecular weight excluding hydrogens is 294 g/mol. The fourth-order valence-corrected chi connectivity index (χ4v) is 5.07. The number of hydrogen-bond acceptors (Lipinski definition) is 4. The molecule has 1 atom stereocenters. The minimum atomic E-state index is -3.38. The topological polar surface area (TPSA) is 77.2 Å². The van der Waals surface area contributed by atoms with Gasteiger partial charge in [-0.2, -0.15) is 0 Å². The fraction of sp³-hybridized carbons (Fsp3) is 0.571. The minimum Gasteiger partial charge on any atom is -0.326 e. The summed E-state index contributed by atoms with van der Waals surface area (Å²) >= 11 is 0. The number of sulfone groups is 1. The normalized spacial score (nSPS) is 13.6. The SMILES string of the molecule is CC(C)CCS(=O)CCS(=O)(=O)c1cccc(CN)c1. The summed E-state index contributed by atoms with van der Waals surface area (Å²) in [6.45, 7) is 4.43. The molecule has 20 heavy (non-hydrogen) atoms. The molecular formula is C14H23NO3S2. The maximum atomic E-state index is 12.2. The zero-order chi connectivity index (χ0) is 15.2. The van der Waals surface area contributed by atoms with Crippen molar-refractivity contribution in [2.75, 3.05) is 17.3 Å². The van der Waals surface area contributed by atoms with E-state index in [1.54, 1.807) is 24.3 Å². The molecule has 4 nitrogen and oxygen atoms in total. The maximum absolute atomic E-state index is 12.2. The molecule has 0 aliphatic carbocycles. The second-order valence-corrected chi connectivity index (χ2v) is 9.01. The molecule has 0 aliphatic rings. The van der Waals surface area contributed by atoms with Crippen molar-refractivity contribution in [3.63, 3.8) is 0 Å². The van der Waals surface area contributed by atoms with Gasteiger partial charge in [-0.05, 0) is 30.0 Å². The van der Waals surface area contributed by atoms with Crippen molar-refractivity contribution in [2.45, 2.75) is 31.7 Å². The highest BCUT2D eigenvalue weighted by Gasteiger charge is 2.16. The van der Waals surface area contributed by atoms with Crippen LogP contribution in [0.2, 0.25) is 0 Å². The zero-order valence-electron chi connectivity index (χ0n) is 12.0. The van der Waals surface area contributed by atoms with Crippen molar-refractivity contribution in [2.24, 2.45) is 11.7 Å². The van der Waals surface area contributed by atoms with Crippen LogP contribution in [0.15, 0.2) is 29.2 Å². The van der Waals surface area contributed by atoms with Crippen molar-refractivity contribution in [1.29, 1.82) is 0 Å². The van der Waals surface area contributed by atoms with Crippen LogP contribution in [0.4, 0.5) is 0 Å². The zero-order valence-corrected chi connectivity index (χ0v) is 13.7. The van der Waals surface area contributed by atoms with E-state index >= 15 is 0 Å². The summed E-state index contributed by atoms with van der Waals surface area (Å²) in [7, 11) is -4.45. The van der Waals surface area contributed by atoms with Crippen LogP contribution in [-0.4, -0.2) is 29.9 Å². The van der Waals surface area contributed by atoms with Gasteiger partial charge in [-0.25, -0.2) is 8.42 Å². The van der Waals surface area contributed by atoms with Crippen LogP contribution in [-0.2, 0) is 27.2 Å². The van der Waals surface area contributed by atoms with E-state index in [4.69, 9.17) is 5.73 Å². The number of rotatable bonds is 8. The van der Waals surface area contributed by atoms with E-state index in [0.29, 0.717) is 18.2 Å². The van der Waals surface area contributed by atoms with Gasteiger partial charge in [0.2, 0.25) is 0 Å². The highest BCUT2D eigenvalue weighted by atomic mass is 32.2. The van der Waals surface area contributed by atoms with Gasteiger partial charge < -0.3 is 5.73 Å². The molecule has 114 valence electrons. The highest BCUT2D eigenvalue weighted by Crippen LogP contribution is 2.13. The van der Waals surface area contributed by atoms with Gasteiger partial charge >= 0.3 is 0 Å². The van der Waals surface area contributed by atoms with Gasteiger partial charge in [-0.1, -0.05) is 26.0 Å². The molecule has 0 spiro atoms. The van der Waals surface area contributed by atoms with E-state index in [-0.39, 0.29) is 16.4 Å². The van der Waals surface area contributed by atoms with Crippen LogP contribution < -0.4 is 5.73 Å². The van der Waals surface area contributed by atoms with Crippen molar-refractivity contribution in [3.8, 4) is 0 Å². The third-order valence-corrected chi connectivity index (χ3v) is 6.32. The Balaban J connectivity index is 2.63. The second kappa shape index (κ2) is 7.90. The Bertz CT molecular complexity index is 553. The summed E-state index contributed by atoms with van der Waals surface area (Å²) in [6.07, 6.45) is 0.856. The molecule has 1 aromatic carbocycles. The minimum absolute atomic E-state index is 0.0776. The summed E-state index contributed by atoms with van der Waals surface area (Å²) in [5, 5.41) is 0. The van der Waals surface area contributed by atoms with E-state index in [1.165, 1.54) is 0 Å². The molecule has 0 fully saturated rings. The molecule has 0 bridgehead atoms. The standard InChI is InChI=1S/C14H23NO3S2/c1-12(2)6-7-19(16)8-9-20(17,18)14-5-3-4-13(10-14)11-15/h3-5,10,12H,6-9,11,15H2,1-2H3. The summed E-state index contributed by atoms with van der Waals surface area (Å²) in [5.74, 6) is 1.17. The lowest BCUT2D eigenvalue weighted by molar-refractivity contribution is 0.596. The van der Waals surface area contributed by atoms with Crippen LogP contribution in [0.3, 0.4) is 0 Å². The van der Waals surface area contributed by atoms with Crippen LogP contribution in [0.25, 0.3) is 0 Å². The average molecular weight is 317 g/mol. The van der Waals surface area contributed by atoms with Crippen molar-refractivity contribution in [1.82, 2.24) is 0 Å². The molecule has 2 N–H and O–H groups in total. The molecule has 1 rings (SSSR count). The first-order chi connectivity index (χ1) is 9.35. The first-order valence-electron chi connectivity index (χ1n) is 6.72. The average Bonchev–Trinajstić information content (AvgIpc) is 2.43. The molecule has 0 radical (unpaired) electrons. The first-order valence-corrected chi connectivity index (χ1v) is 9.86. The highest BCUT2D eigenvalue weighted by molar-refractivity contribution is 7.93. The third kappa shape index (κ3) is 5.73. The van der Waals surface area contributed by atoms with Gasteiger partial charge in [0, 0.05) is 28.9 Å². The smallest absolute Gasteiger partial charge is 0.179 e. The molecule has 0 saturated heterocycles. The molecule has 1 aromatic rings. The van der Waals surface area contributed by atoms with Crippen molar-refractivity contribution in [3.05, 3.63) is 29.8 Å². The first kappa shape index (κ1) is 17.3. The monoisotopic (exact) mass is 317 g/mol. The Morgan fingerprint density at radius 3 is 2.55 bits per heavy atom. The van der Waals surface area contributed by atoms with Crippen molar-refractivity contribution < 1.29 is 12.6 Å². The molecule has 0 saturated carbocycles. The van der Waals surface area contributed by atoms with E-state index in [1.807, 2.05) is 0 Å². The maximum Gasteiger partial charge on any atom is 0.179 e. The van der Waals surface area contributed by atoms with Gasteiger partial charge in [0.15, 0.2) is 9.84 Å². The predicted molar refractivity (Wildman–Crippen MR) is 83.7 cm³/mol. The van der Waals surface area contributed by atoms with Crippen LogP contribution >= 0.6 is 0 Å². The second-order valence-electron chi connectivity index (χ2n) is 5.20. The van der Waals surface area contributed by atoms with Gasteiger partial charge in [0.05, 0.1) is 10.6 Å². The molecule has 6 heteroatoms. The Kier molecular flexibility index (Phi) is 6.85. The summed E-state index contributed by atoms with van der Waals surface area (Å²) in [5.41, 5.74) is 6.29. The van der Waals surface area contributed by atoms with Gasteiger partial charge in [-0.3, -0.25) is 4.21 Å². The molecule has 0 aromatic heterocycles. The largest absolute Gasteiger partial charge is 0.326 e. The quantitative estimate of drug-likeness (QED) is 0.792. The van der Waals surface area contributed by atoms with Gasteiger partial charge in [0.1, 0.15) is 0 Å². The lowest BCUT2D eigenvalue weighted by Crippen LogP contribution is -2.16. The van der Waals surface area contributed by atoms with Crippen molar-refractivity contribution >= 4 is 20.6 Å². The predicted octanol–water partition coefficient (Wildman–Crippen LogP) is 1.71. The lowest BCUT2D eigenvalue weighted by atomic mass is 10.2. The number of hydrogen-bond donors (Lipinski definition) is 1. The van der Waals surface area contributed by atoms with Crippen LogP contribution in [0.5, 0.6) is 0 Å². The lowest BCUT2D eigenvalue weighted by Gasteiger charge is -2.07. The Morgan fingerprint density at radius 2 is 1.95 bits per heavy atom. The number of benzene rings is 1. The fourth-order valence-electron chi connectivity index (χ4n) is 1.66. The van der Waals surface area contributed by atoms with E-state index in [9.17, 15) is 12.6 Å². The Hall–Kier alpha value is -0.720. The van der Waals surface area contributed by atoms with Crippen LogP contribution in [0, 0.1) is 5.92 Å². The summed E-state index contributed by atoms with van der Waals surface area (Å²) < 4.78 is 36.1. The van der Waals surface area contributed by atoms with E-state index in [0.717, 1.165) is 12.0 Å². The molecule has 1 unspecified atom stereocenters. The summed E-state index contributed by atoms with van der Waals surface area (Å²) in [4.78, 5) is 0.265. The third-order valence-electron chi connectivity index (χ3n) is 3.00. The molecule has 0 amide bonds. The van der Waals surface area contributed by atoms with Gasteiger partial charge in [0.25, 0.3) is 0 Å². The summed E-state index contributed by atoms with van der Waals surface area (Å²) in [6, 6.07) is 6.63. The molecule has 0 heterocycles.